The molecule has 0 N–H and O–H groups in total. The summed E-state index contributed by atoms with van der Waals surface area (Å²) in [6.07, 6.45) is 0. The summed E-state index contributed by atoms with van der Waals surface area (Å²) in [6, 6.07) is 109. The number of benzene rings is 12. The summed E-state index contributed by atoms with van der Waals surface area (Å²) >= 11 is 0. The molecule has 350 valence electrons. The van der Waals surface area contributed by atoms with Crippen LogP contribution in [0.4, 0.5) is 51.2 Å². The van der Waals surface area contributed by atoms with Crippen molar-refractivity contribution in [3.05, 3.63) is 291 Å². The lowest BCUT2D eigenvalue weighted by Gasteiger charge is -2.46. The molecule has 0 amide bonds. The third-order valence-electron chi connectivity index (χ3n) is 16.1. The third kappa shape index (κ3) is 6.61. The molecule has 0 bridgehead atoms. The first kappa shape index (κ1) is 43.2. The first-order chi connectivity index (χ1) is 37.2. The molecule has 75 heavy (non-hydrogen) atoms. The Balaban J connectivity index is 1.04. The molecular weight excluding hydrogens is 922 g/mol. The van der Waals surface area contributed by atoms with Crippen LogP contribution in [0.2, 0.25) is 0 Å². The summed E-state index contributed by atoms with van der Waals surface area (Å²) in [4.78, 5) is 7.65. The van der Waals surface area contributed by atoms with Crippen LogP contribution in [0.5, 0.6) is 0 Å². The Morgan fingerprint density at radius 3 is 1.32 bits per heavy atom. The average molecular weight is 970 g/mol. The highest BCUT2D eigenvalue weighted by Gasteiger charge is 2.50. The predicted molar refractivity (Wildman–Crippen MR) is 321 cm³/mol. The van der Waals surface area contributed by atoms with Crippen LogP contribution in [0.15, 0.2) is 291 Å². The number of fused-ring (bicyclic) bond motifs is 8. The number of rotatable bonds is 7. The Labute approximate surface area is 439 Å². The molecular formula is C70H48BN3Si. The second-order valence-electron chi connectivity index (χ2n) is 20.0. The molecule has 3 aliphatic rings. The van der Waals surface area contributed by atoms with Crippen LogP contribution >= 0.6 is 0 Å². The van der Waals surface area contributed by atoms with Crippen molar-refractivity contribution in [2.75, 3.05) is 14.7 Å². The normalized spacial score (nSPS) is 13.6. The Morgan fingerprint density at radius 1 is 0.280 bits per heavy atom. The van der Waals surface area contributed by atoms with E-state index in [1.165, 1.54) is 104 Å². The van der Waals surface area contributed by atoms with E-state index < -0.39 is 8.07 Å². The van der Waals surface area contributed by atoms with Gasteiger partial charge in [0.2, 0.25) is 0 Å². The summed E-state index contributed by atoms with van der Waals surface area (Å²) in [5.74, 6) is 0. The molecule has 5 heteroatoms. The Kier molecular flexibility index (Phi) is 10.0. The lowest BCUT2D eigenvalue weighted by molar-refractivity contribution is 1.24. The Morgan fingerprint density at radius 2 is 0.747 bits per heavy atom. The minimum atomic E-state index is -3.01. The van der Waals surface area contributed by atoms with Crippen LogP contribution in [0.1, 0.15) is 0 Å². The SMILES string of the molecule is c1ccc(-c2ccc3c(c2)N(c2ccc4c(c2)N(c2ccccc2)c2cccc5c2B4c2ccc4ccccc4c2N5c2ccccc2)c2cc(-c4ccccc4)ccc2[Si]3(c2ccccc2)c2ccccc2)cc1. The summed E-state index contributed by atoms with van der Waals surface area (Å²) in [5.41, 5.74) is 19.2. The van der Waals surface area contributed by atoms with Crippen molar-refractivity contribution in [3.8, 4) is 22.3 Å². The molecule has 3 nitrogen and oxygen atoms in total. The number of hydrogen-bond acceptors (Lipinski definition) is 3. The third-order valence-corrected chi connectivity index (χ3v) is 20.9. The molecule has 0 atom stereocenters. The number of hydrogen-bond donors (Lipinski definition) is 0. The second-order valence-corrected chi connectivity index (χ2v) is 23.7. The average Bonchev–Trinajstić information content (AvgIpc) is 3.51. The van der Waals surface area contributed by atoms with Gasteiger partial charge in [-0.05, 0) is 125 Å². The van der Waals surface area contributed by atoms with Gasteiger partial charge in [0.05, 0.1) is 0 Å². The summed E-state index contributed by atoms with van der Waals surface area (Å²) < 4.78 is 0. The molecule has 0 fully saturated rings. The van der Waals surface area contributed by atoms with E-state index in [9.17, 15) is 0 Å². The minimum absolute atomic E-state index is 0.0358. The van der Waals surface area contributed by atoms with Gasteiger partial charge in [-0.1, -0.05) is 231 Å². The zero-order valence-corrected chi connectivity index (χ0v) is 42.1. The van der Waals surface area contributed by atoms with Crippen molar-refractivity contribution in [2.24, 2.45) is 0 Å². The number of anilines is 9. The fourth-order valence-corrected chi connectivity index (χ4v) is 18.0. The Bertz CT molecular complexity index is 4000. The quantitative estimate of drug-likeness (QED) is 0.147. The van der Waals surface area contributed by atoms with Gasteiger partial charge >= 0.3 is 0 Å². The van der Waals surface area contributed by atoms with E-state index in [4.69, 9.17) is 0 Å². The molecule has 0 aromatic heterocycles. The lowest BCUT2D eigenvalue weighted by Crippen LogP contribution is -2.77. The highest BCUT2D eigenvalue weighted by molar-refractivity contribution is 7.21. The van der Waals surface area contributed by atoms with E-state index in [1.807, 2.05) is 0 Å². The fourth-order valence-electron chi connectivity index (χ4n) is 12.9. The topological polar surface area (TPSA) is 9.72 Å². The van der Waals surface area contributed by atoms with E-state index in [2.05, 4.69) is 306 Å². The van der Waals surface area contributed by atoms with Gasteiger partial charge in [-0.2, -0.15) is 0 Å². The summed E-state index contributed by atoms with van der Waals surface area (Å²) in [5, 5.41) is 7.92. The summed E-state index contributed by atoms with van der Waals surface area (Å²) in [6.45, 7) is -0.0358. The fraction of sp³-hybridized carbons (Fsp3) is 0. The molecule has 0 saturated carbocycles. The molecule has 12 aromatic rings. The first-order valence-electron chi connectivity index (χ1n) is 26.0. The van der Waals surface area contributed by atoms with Crippen molar-refractivity contribution in [1.29, 1.82) is 0 Å². The maximum atomic E-state index is 2.61. The molecule has 0 aliphatic carbocycles. The van der Waals surface area contributed by atoms with Gasteiger partial charge < -0.3 is 14.7 Å². The van der Waals surface area contributed by atoms with Crippen LogP contribution < -0.4 is 51.8 Å². The van der Waals surface area contributed by atoms with Crippen molar-refractivity contribution in [2.45, 2.75) is 0 Å². The van der Waals surface area contributed by atoms with Crippen molar-refractivity contribution >= 4 is 114 Å². The largest absolute Gasteiger partial charge is 0.311 e. The molecule has 0 radical (unpaired) electrons. The standard InChI is InChI=1S/C70H48BN3Si/c1-7-22-49(23-8-1)52-39-44-67-65(46-52)73(66-47-53(50-24-9-2-10-25-50)40-45-68(66)75(67,57-31-15-5-16-32-57)58-33-17-6-18-34-58)56-41-43-60-64(48-56)72(54-27-11-3-12-28-54)62-36-21-37-63-69(62)71(60)61-42-38-51-26-19-20-35-59(51)70(61)74(63)55-29-13-4-14-30-55/h1-48H. The lowest BCUT2D eigenvalue weighted by atomic mass is 9.33. The van der Waals surface area contributed by atoms with Gasteiger partial charge in [0, 0.05) is 56.6 Å². The number of para-hydroxylation sites is 2. The molecule has 3 aliphatic heterocycles. The maximum Gasteiger partial charge on any atom is 0.252 e. The van der Waals surface area contributed by atoms with Gasteiger partial charge in [0.1, 0.15) is 0 Å². The highest BCUT2D eigenvalue weighted by Crippen LogP contribution is 2.48. The minimum Gasteiger partial charge on any atom is -0.311 e. The first-order valence-corrected chi connectivity index (χ1v) is 28.0. The van der Waals surface area contributed by atoms with Crippen LogP contribution in [0.3, 0.4) is 0 Å². The smallest absolute Gasteiger partial charge is 0.252 e. The van der Waals surface area contributed by atoms with E-state index in [0.29, 0.717) is 0 Å². The van der Waals surface area contributed by atoms with E-state index >= 15 is 0 Å². The van der Waals surface area contributed by atoms with Crippen molar-refractivity contribution in [3.63, 3.8) is 0 Å². The second kappa shape index (κ2) is 17.4. The van der Waals surface area contributed by atoms with E-state index in [0.717, 1.165) is 17.1 Å². The van der Waals surface area contributed by atoms with Crippen LogP contribution in [0.25, 0.3) is 33.0 Å². The number of nitrogens with zero attached hydrogens (tertiary/aromatic N) is 3. The van der Waals surface area contributed by atoms with Gasteiger partial charge in [-0.3, -0.25) is 0 Å². The van der Waals surface area contributed by atoms with Crippen LogP contribution in [-0.4, -0.2) is 14.8 Å². The summed E-state index contributed by atoms with van der Waals surface area (Å²) in [7, 11) is -3.01. The van der Waals surface area contributed by atoms with Crippen molar-refractivity contribution in [1.82, 2.24) is 0 Å². The monoisotopic (exact) mass is 969 g/mol. The molecule has 15 rings (SSSR count). The van der Waals surface area contributed by atoms with E-state index in [1.54, 1.807) is 0 Å². The van der Waals surface area contributed by atoms with Gasteiger partial charge in [-0.15, -0.1) is 0 Å². The van der Waals surface area contributed by atoms with Gasteiger partial charge in [0.25, 0.3) is 6.71 Å². The predicted octanol–water partition coefficient (Wildman–Crippen LogP) is 13.4. The van der Waals surface area contributed by atoms with Crippen LogP contribution in [-0.2, 0) is 0 Å². The highest BCUT2D eigenvalue weighted by atomic mass is 28.3. The van der Waals surface area contributed by atoms with Crippen molar-refractivity contribution < 1.29 is 0 Å². The molecule has 0 saturated heterocycles. The zero-order chi connectivity index (χ0) is 49.5. The molecule has 12 aromatic carbocycles. The molecule has 3 heterocycles. The van der Waals surface area contributed by atoms with Gasteiger partial charge in [0.15, 0.2) is 8.07 Å². The van der Waals surface area contributed by atoms with E-state index in [-0.39, 0.29) is 6.71 Å². The van der Waals surface area contributed by atoms with Gasteiger partial charge in [-0.25, -0.2) is 0 Å². The Hall–Kier alpha value is -9.42. The molecule has 0 unspecified atom stereocenters. The zero-order valence-electron chi connectivity index (χ0n) is 41.1. The van der Waals surface area contributed by atoms with Crippen LogP contribution in [0, 0.1) is 0 Å². The molecule has 0 spiro atoms. The maximum absolute atomic E-state index is 3.01.